The van der Waals surface area contributed by atoms with E-state index in [1.54, 1.807) is 12.1 Å². The van der Waals surface area contributed by atoms with Crippen molar-refractivity contribution in [3.05, 3.63) is 64.4 Å². The molecule has 2 aliphatic rings. The standard InChI is InChI=1S/C27H35ClFN3O/c1-19-4-3-13-32(17-19)25-9-6-21(7-10-25)20(2)30-27(33)22-11-14-31(15-12-22)18-23-5-8-24(28)16-26(23)29/h5-10,16,19-20,22H,3-4,11-15,17-18H2,1-2H3,(H,30,33)/t19-,20-/m0/s1. The molecule has 0 unspecified atom stereocenters. The molecule has 2 aromatic rings. The number of amides is 1. The molecule has 2 aromatic carbocycles. The van der Waals surface area contributed by atoms with Crippen molar-refractivity contribution in [1.29, 1.82) is 0 Å². The molecule has 1 N–H and O–H groups in total. The summed E-state index contributed by atoms with van der Waals surface area (Å²) < 4.78 is 14.1. The number of nitrogens with zero attached hydrogens (tertiary/aromatic N) is 2. The number of nitrogens with one attached hydrogen (secondary N) is 1. The van der Waals surface area contributed by atoms with Gasteiger partial charge in [0.05, 0.1) is 6.04 Å². The summed E-state index contributed by atoms with van der Waals surface area (Å²) in [6.07, 6.45) is 4.15. The van der Waals surface area contributed by atoms with E-state index in [2.05, 4.69) is 46.3 Å². The monoisotopic (exact) mass is 471 g/mol. The van der Waals surface area contributed by atoms with E-state index in [-0.39, 0.29) is 23.7 Å². The summed E-state index contributed by atoms with van der Waals surface area (Å²) in [6.45, 7) is 8.74. The number of benzene rings is 2. The van der Waals surface area contributed by atoms with Gasteiger partial charge >= 0.3 is 0 Å². The number of anilines is 1. The van der Waals surface area contributed by atoms with Crippen molar-refractivity contribution in [2.75, 3.05) is 31.1 Å². The van der Waals surface area contributed by atoms with Gasteiger partial charge in [0, 0.05) is 41.8 Å². The number of carbonyl (C=O) groups excluding carboxylic acids is 1. The number of hydrogen-bond acceptors (Lipinski definition) is 3. The molecule has 0 radical (unpaired) electrons. The van der Waals surface area contributed by atoms with Gasteiger partial charge in [-0.25, -0.2) is 4.39 Å². The van der Waals surface area contributed by atoms with Gasteiger partial charge in [0.2, 0.25) is 5.91 Å². The summed E-state index contributed by atoms with van der Waals surface area (Å²) in [4.78, 5) is 17.5. The van der Waals surface area contributed by atoms with Crippen molar-refractivity contribution in [1.82, 2.24) is 10.2 Å². The maximum Gasteiger partial charge on any atom is 0.223 e. The highest BCUT2D eigenvalue weighted by Crippen LogP contribution is 2.26. The lowest BCUT2D eigenvalue weighted by atomic mass is 9.94. The predicted molar refractivity (Wildman–Crippen MR) is 133 cm³/mol. The number of carbonyl (C=O) groups is 1. The van der Waals surface area contributed by atoms with Crippen molar-refractivity contribution < 1.29 is 9.18 Å². The van der Waals surface area contributed by atoms with Crippen LogP contribution in [0.3, 0.4) is 0 Å². The van der Waals surface area contributed by atoms with Gasteiger partial charge in [0.15, 0.2) is 0 Å². The lowest BCUT2D eigenvalue weighted by molar-refractivity contribution is -0.127. The van der Waals surface area contributed by atoms with E-state index in [0.29, 0.717) is 17.1 Å². The largest absolute Gasteiger partial charge is 0.371 e. The van der Waals surface area contributed by atoms with E-state index in [1.807, 2.05) is 6.92 Å². The van der Waals surface area contributed by atoms with Crippen LogP contribution in [0, 0.1) is 17.7 Å². The van der Waals surface area contributed by atoms with Crippen molar-refractivity contribution in [3.63, 3.8) is 0 Å². The maximum absolute atomic E-state index is 14.1. The van der Waals surface area contributed by atoms with Crippen LogP contribution in [-0.4, -0.2) is 37.0 Å². The fourth-order valence-electron chi connectivity index (χ4n) is 5.06. The van der Waals surface area contributed by atoms with E-state index in [1.165, 1.54) is 24.6 Å². The molecule has 4 nitrogen and oxygen atoms in total. The van der Waals surface area contributed by atoms with Crippen LogP contribution < -0.4 is 10.2 Å². The third kappa shape index (κ3) is 6.27. The van der Waals surface area contributed by atoms with Crippen LogP contribution in [0.15, 0.2) is 42.5 Å². The molecule has 0 saturated carbocycles. The summed E-state index contributed by atoms with van der Waals surface area (Å²) in [7, 11) is 0. The third-order valence-corrected chi connectivity index (χ3v) is 7.38. The summed E-state index contributed by atoms with van der Waals surface area (Å²) in [5.74, 6) is 0.604. The summed E-state index contributed by atoms with van der Waals surface area (Å²) >= 11 is 5.85. The highest BCUT2D eigenvalue weighted by atomic mass is 35.5. The lowest BCUT2D eigenvalue weighted by Gasteiger charge is -2.33. The molecular weight excluding hydrogens is 437 g/mol. The zero-order chi connectivity index (χ0) is 23.4. The van der Waals surface area contributed by atoms with Gasteiger partial charge in [0.25, 0.3) is 0 Å². The summed E-state index contributed by atoms with van der Waals surface area (Å²) in [6, 6.07) is 13.5. The van der Waals surface area contributed by atoms with Gasteiger partial charge in [0.1, 0.15) is 5.82 Å². The van der Waals surface area contributed by atoms with E-state index < -0.39 is 0 Å². The first-order chi connectivity index (χ1) is 15.9. The summed E-state index contributed by atoms with van der Waals surface area (Å²) in [5, 5.41) is 3.62. The molecule has 2 fully saturated rings. The lowest BCUT2D eigenvalue weighted by Crippen LogP contribution is -2.41. The molecule has 0 spiro atoms. The van der Waals surface area contributed by atoms with E-state index in [9.17, 15) is 9.18 Å². The number of piperidine rings is 2. The Balaban J connectivity index is 1.25. The fraction of sp³-hybridized carbons (Fsp3) is 0.519. The normalized spacial score (nSPS) is 21.1. The minimum Gasteiger partial charge on any atom is -0.371 e. The topological polar surface area (TPSA) is 35.6 Å². The number of halogens is 2. The molecule has 2 saturated heterocycles. The van der Waals surface area contributed by atoms with Crippen LogP contribution in [0.4, 0.5) is 10.1 Å². The molecule has 178 valence electrons. The Morgan fingerprint density at radius 2 is 1.85 bits per heavy atom. The second-order valence-electron chi connectivity index (χ2n) is 9.80. The zero-order valence-electron chi connectivity index (χ0n) is 19.7. The average molecular weight is 472 g/mol. The summed E-state index contributed by atoms with van der Waals surface area (Å²) in [5.41, 5.74) is 3.06. The Hall–Kier alpha value is -2.11. The van der Waals surface area contributed by atoms with Crippen LogP contribution >= 0.6 is 11.6 Å². The highest BCUT2D eigenvalue weighted by Gasteiger charge is 2.26. The molecule has 2 heterocycles. The van der Waals surface area contributed by atoms with Gasteiger partial charge in [-0.15, -0.1) is 0 Å². The van der Waals surface area contributed by atoms with Gasteiger partial charge in [-0.2, -0.15) is 0 Å². The fourth-order valence-corrected chi connectivity index (χ4v) is 5.22. The quantitative estimate of drug-likeness (QED) is 0.577. The molecule has 33 heavy (non-hydrogen) atoms. The van der Waals surface area contributed by atoms with Crippen LogP contribution in [0.5, 0.6) is 0 Å². The second-order valence-corrected chi connectivity index (χ2v) is 10.2. The van der Waals surface area contributed by atoms with Crippen LogP contribution in [0.25, 0.3) is 0 Å². The first kappa shape index (κ1) is 24.0. The van der Waals surface area contributed by atoms with Crippen molar-refractivity contribution in [2.24, 2.45) is 11.8 Å². The van der Waals surface area contributed by atoms with Crippen LogP contribution in [0.1, 0.15) is 56.7 Å². The Morgan fingerprint density at radius 1 is 1.12 bits per heavy atom. The predicted octanol–water partition coefficient (Wildman–Crippen LogP) is 5.80. The van der Waals surface area contributed by atoms with Crippen molar-refractivity contribution >= 4 is 23.2 Å². The van der Waals surface area contributed by atoms with Gasteiger partial charge in [-0.05, 0) is 81.4 Å². The first-order valence-electron chi connectivity index (χ1n) is 12.2. The highest BCUT2D eigenvalue weighted by molar-refractivity contribution is 6.30. The Morgan fingerprint density at radius 3 is 2.52 bits per heavy atom. The number of rotatable bonds is 6. The minimum absolute atomic E-state index is 0.00729. The molecule has 0 aliphatic carbocycles. The Kier molecular flexibility index (Phi) is 7.92. The van der Waals surface area contributed by atoms with E-state index in [4.69, 9.17) is 11.6 Å². The first-order valence-corrected chi connectivity index (χ1v) is 12.6. The SMILES string of the molecule is C[C@H]1CCCN(c2ccc([C@H](C)NC(=O)C3CCN(Cc4ccc(Cl)cc4F)CC3)cc2)C1. The molecule has 4 rings (SSSR count). The Bertz CT molecular complexity index is 943. The van der Waals surface area contributed by atoms with Crippen LogP contribution in [0.2, 0.25) is 5.02 Å². The van der Waals surface area contributed by atoms with E-state index in [0.717, 1.165) is 50.5 Å². The van der Waals surface area contributed by atoms with Gasteiger partial charge < -0.3 is 10.2 Å². The number of likely N-dealkylation sites (tertiary alicyclic amines) is 1. The molecule has 0 bridgehead atoms. The van der Waals surface area contributed by atoms with E-state index >= 15 is 0 Å². The van der Waals surface area contributed by atoms with Crippen LogP contribution in [-0.2, 0) is 11.3 Å². The molecular formula is C27H35ClFN3O. The zero-order valence-corrected chi connectivity index (χ0v) is 20.5. The van der Waals surface area contributed by atoms with Gasteiger partial charge in [-0.3, -0.25) is 9.69 Å². The van der Waals surface area contributed by atoms with Crippen molar-refractivity contribution in [2.45, 2.75) is 52.1 Å². The molecule has 2 aliphatic heterocycles. The Labute approximate surface area is 202 Å². The smallest absolute Gasteiger partial charge is 0.223 e. The van der Waals surface area contributed by atoms with Crippen molar-refractivity contribution in [3.8, 4) is 0 Å². The average Bonchev–Trinajstić information content (AvgIpc) is 2.81. The molecule has 6 heteroatoms. The maximum atomic E-state index is 14.1. The molecule has 0 aromatic heterocycles. The third-order valence-electron chi connectivity index (χ3n) is 7.14. The van der Waals surface area contributed by atoms with Gasteiger partial charge in [-0.1, -0.05) is 36.7 Å². The molecule has 2 atom stereocenters. The minimum atomic E-state index is -0.267. The molecule has 1 amide bonds. The number of hydrogen-bond donors (Lipinski definition) is 1. The second kappa shape index (κ2) is 10.9.